The second-order valence-corrected chi connectivity index (χ2v) is 4.44. The van der Waals surface area contributed by atoms with Crippen LogP contribution in [0.4, 0.5) is 0 Å². The molecular weight excluding hydrogens is 272 g/mol. The molecule has 0 fully saturated rings. The van der Waals surface area contributed by atoms with Gasteiger partial charge in [0, 0.05) is 18.9 Å². The molecule has 21 heavy (non-hydrogen) atoms. The lowest BCUT2D eigenvalue weighted by atomic mass is 10.1. The topological polar surface area (TPSA) is 101 Å². The van der Waals surface area contributed by atoms with E-state index in [4.69, 9.17) is 4.42 Å². The molecule has 2 aromatic heterocycles. The first-order valence-corrected chi connectivity index (χ1v) is 6.38. The normalized spacial score (nSPS) is 10.7. The smallest absolute Gasteiger partial charge is 0.408 e. The van der Waals surface area contributed by atoms with E-state index >= 15 is 0 Å². The standard InChI is InChI=1S/C14H12N4O3/c19-13(11-8-15-5-6-16-11)17-4-3-9-1-2-10-12(7-9)21-14(20)18-10/h1-2,5-8H,3-4H2,(H,17,19)(H,18,20). The van der Waals surface area contributed by atoms with Crippen molar-refractivity contribution in [3.63, 3.8) is 0 Å². The quantitative estimate of drug-likeness (QED) is 0.740. The van der Waals surface area contributed by atoms with Crippen molar-refractivity contribution >= 4 is 17.0 Å². The summed E-state index contributed by atoms with van der Waals surface area (Å²) < 4.78 is 4.99. The summed E-state index contributed by atoms with van der Waals surface area (Å²) in [5, 5.41) is 2.76. The lowest BCUT2D eigenvalue weighted by molar-refractivity contribution is 0.0949. The first kappa shape index (κ1) is 13.0. The summed E-state index contributed by atoms with van der Waals surface area (Å²) in [5.74, 6) is -0.740. The summed E-state index contributed by atoms with van der Waals surface area (Å²) in [6.45, 7) is 0.454. The zero-order valence-corrected chi connectivity index (χ0v) is 11.0. The average molecular weight is 284 g/mol. The number of fused-ring (bicyclic) bond motifs is 1. The Hall–Kier alpha value is -2.96. The third-order valence-corrected chi connectivity index (χ3v) is 2.98. The number of aromatic amines is 1. The number of nitrogens with one attached hydrogen (secondary N) is 2. The average Bonchev–Trinajstić information content (AvgIpc) is 2.87. The summed E-state index contributed by atoms with van der Waals surface area (Å²) in [6.07, 6.45) is 5.01. The van der Waals surface area contributed by atoms with Crippen LogP contribution in [-0.4, -0.2) is 27.4 Å². The molecule has 0 aliphatic carbocycles. The van der Waals surface area contributed by atoms with Gasteiger partial charge in [0.15, 0.2) is 5.58 Å². The van der Waals surface area contributed by atoms with E-state index in [0.717, 1.165) is 5.56 Å². The first-order chi connectivity index (χ1) is 10.2. The van der Waals surface area contributed by atoms with Crippen LogP contribution in [0.25, 0.3) is 11.1 Å². The second-order valence-electron chi connectivity index (χ2n) is 4.44. The lowest BCUT2D eigenvalue weighted by Gasteiger charge is -2.04. The van der Waals surface area contributed by atoms with Gasteiger partial charge in [0.1, 0.15) is 5.69 Å². The van der Waals surface area contributed by atoms with Crippen LogP contribution >= 0.6 is 0 Å². The lowest BCUT2D eigenvalue weighted by Crippen LogP contribution is -2.26. The molecule has 0 aliphatic rings. The minimum atomic E-state index is -0.474. The summed E-state index contributed by atoms with van der Waals surface area (Å²) in [7, 11) is 0. The van der Waals surface area contributed by atoms with Gasteiger partial charge in [-0.15, -0.1) is 0 Å². The zero-order valence-electron chi connectivity index (χ0n) is 11.0. The number of oxazole rings is 1. The highest BCUT2D eigenvalue weighted by Gasteiger charge is 2.06. The van der Waals surface area contributed by atoms with Crippen molar-refractivity contribution in [2.24, 2.45) is 0 Å². The van der Waals surface area contributed by atoms with Gasteiger partial charge in [-0.2, -0.15) is 0 Å². The van der Waals surface area contributed by atoms with Gasteiger partial charge in [-0.25, -0.2) is 9.78 Å². The summed E-state index contributed by atoms with van der Waals surface area (Å²) in [4.78, 5) is 33.2. The number of hydrogen-bond acceptors (Lipinski definition) is 5. The molecule has 0 bridgehead atoms. The fourth-order valence-corrected chi connectivity index (χ4v) is 1.97. The van der Waals surface area contributed by atoms with Crippen molar-refractivity contribution in [1.82, 2.24) is 20.3 Å². The van der Waals surface area contributed by atoms with Gasteiger partial charge in [-0.3, -0.25) is 14.8 Å². The summed E-state index contributed by atoms with van der Waals surface area (Å²) in [6, 6.07) is 5.43. The molecule has 2 heterocycles. The van der Waals surface area contributed by atoms with E-state index in [2.05, 4.69) is 20.3 Å². The predicted molar refractivity (Wildman–Crippen MR) is 74.9 cm³/mol. The van der Waals surface area contributed by atoms with Crippen LogP contribution in [0.15, 0.2) is 46.0 Å². The molecule has 0 saturated carbocycles. The van der Waals surface area contributed by atoms with Crippen LogP contribution in [0.5, 0.6) is 0 Å². The summed E-state index contributed by atoms with van der Waals surface area (Å²) >= 11 is 0. The number of nitrogens with zero attached hydrogens (tertiary/aromatic N) is 2. The monoisotopic (exact) mass is 284 g/mol. The van der Waals surface area contributed by atoms with Crippen LogP contribution in [0.3, 0.4) is 0 Å². The van der Waals surface area contributed by atoms with Crippen molar-refractivity contribution in [2.45, 2.75) is 6.42 Å². The molecule has 7 heteroatoms. The van der Waals surface area contributed by atoms with Gasteiger partial charge in [0.05, 0.1) is 11.7 Å². The summed E-state index contributed by atoms with van der Waals surface area (Å²) in [5.41, 5.74) is 2.42. The van der Waals surface area contributed by atoms with E-state index in [1.165, 1.54) is 18.6 Å². The minimum Gasteiger partial charge on any atom is -0.408 e. The zero-order chi connectivity index (χ0) is 14.7. The third-order valence-electron chi connectivity index (χ3n) is 2.98. The van der Waals surface area contributed by atoms with Gasteiger partial charge >= 0.3 is 5.76 Å². The molecule has 2 N–H and O–H groups in total. The highest BCUT2D eigenvalue weighted by molar-refractivity contribution is 5.91. The van der Waals surface area contributed by atoms with E-state index in [1.807, 2.05) is 6.07 Å². The van der Waals surface area contributed by atoms with Gasteiger partial charge < -0.3 is 9.73 Å². The van der Waals surface area contributed by atoms with Gasteiger partial charge in [0.25, 0.3) is 5.91 Å². The molecule has 0 saturated heterocycles. The highest BCUT2D eigenvalue weighted by atomic mass is 16.4. The molecular formula is C14H12N4O3. The van der Waals surface area contributed by atoms with Gasteiger partial charge in [-0.1, -0.05) is 6.07 Å². The van der Waals surface area contributed by atoms with E-state index in [0.29, 0.717) is 24.1 Å². The van der Waals surface area contributed by atoms with E-state index < -0.39 is 5.76 Å². The SMILES string of the molecule is O=C(NCCc1ccc2[nH]c(=O)oc2c1)c1cnccn1. The van der Waals surface area contributed by atoms with Gasteiger partial charge in [0.2, 0.25) is 0 Å². The van der Waals surface area contributed by atoms with Crippen molar-refractivity contribution in [1.29, 1.82) is 0 Å². The number of benzene rings is 1. The Labute approximate surface area is 119 Å². The molecule has 0 spiro atoms. The molecule has 0 unspecified atom stereocenters. The van der Waals surface area contributed by atoms with E-state index in [-0.39, 0.29) is 11.6 Å². The second kappa shape index (κ2) is 5.58. The Kier molecular flexibility index (Phi) is 3.46. The fourth-order valence-electron chi connectivity index (χ4n) is 1.97. The Morgan fingerprint density at radius 1 is 1.33 bits per heavy atom. The Morgan fingerprint density at radius 2 is 2.24 bits per heavy atom. The number of hydrogen-bond donors (Lipinski definition) is 2. The molecule has 0 aliphatic heterocycles. The molecule has 0 atom stereocenters. The molecule has 0 radical (unpaired) electrons. The van der Waals surface area contributed by atoms with Gasteiger partial charge in [-0.05, 0) is 24.1 Å². The first-order valence-electron chi connectivity index (χ1n) is 6.38. The van der Waals surface area contributed by atoms with Crippen LogP contribution in [0.1, 0.15) is 16.1 Å². The van der Waals surface area contributed by atoms with Crippen LogP contribution < -0.4 is 11.1 Å². The van der Waals surface area contributed by atoms with Crippen molar-refractivity contribution in [3.05, 3.63) is 58.6 Å². The number of aromatic nitrogens is 3. The number of rotatable bonds is 4. The molecule has 1 aromatic carbocycles. The maximum absolute atomic E-state index is 11.8. The molecule has 106 valence electrons. The number of carbonyl (C=O) groups excluding carboxylic acids is 1. The van der Waals surface area contributed by atoms with Crippen molar-refractivity contribution in [3.8, 4) is 0 Å². The molecule has 3 aromatic rings. The maximum atomic E-state index is 11.8. The Morgan fingerprint density at radius 3 is 3.05 bits per heavy atom. The Bertz CT molecular complexity index is 823. The minimum absolute atomic E-state index is 0.266. The maximum Gasteiger partial charge on any atom is 0.417 e. The van der Waals surface area contributed by atoms with Crippen LogP contribution in [0.2, 0.25) is 0 Å². The largest absolute Gasteiger partial charge is 0.417 e. The van der Waals surface area contributed by atoms with Crippen LogP contribution in [0, 0.1) is 0 Å². The molecule has 3 rings (SSSR count). The van der Waals surface area contributed by atoms with Crippen molar-refractivity contribution in [2.75, 3.05) is 6.54 Å². The third kappa shape index (κ3) is 2.97. The van der Waals surface area contributed by atoms with Crippen LogP contribution in [-0.2, 0) is 6.42 Å². The van der Waals surface area contributed by atoms with Crippen molar-refractivity contribution < 1.29 is 9.21 Å². The number of H-pyrrole nitrogens is 1. The molecule has 7 nitrogen and oxygen atoms in total. The number of carbonyl (C=O) groups is 1. The highest BCUT2D eigenvalue weighted by Crippen LogP contribution is 2.12. The number of amides is 1. The molecule has 1 amide bonds. The van der Waals surface area contributed by atoms with E-state index in [1.54, 1.807) is 12.1 Å². The van der Waals surface area contributed by atoms with E-state index in [9.17, 15) is 9.59 Å². The predicted octanol–water partition coefficient (Wildman–Crippen LogP) is 0.884. The Balaban J connectivity index is 1.61. The fraction of sp³-hybridized carbons (Fsp3) is 0.143.